The van der Waals surface area contributed by atoms with E-state index in [2.05, 4.69) is 5.32 Å². The van der Waals surface area contributed by atoms with Gasteiger partial charge < -0.3 is 19.9 Å². The zero-order valence-corrected chi connectivity index (χ0v) is 20.4. The summed E-state index contributed by atoms with van der Waals surface area (Å²) in [6, 6.07) is 16.7. The molecule has 2 fully saturated rings. The Morgan fingerprint density at radius 3 is 2.38 bits per heavy atom. The second-order valence-corrected chi connectivity index (χ2v) is 9.77. The van der Waals surface area contributed by atoms with Crippen LogP contribution in [0.2, 0.25) is 0 Å². The standard InChI is InChI=1S/C28H37N3O3/c1-21-20-31(28(33)29-25-13-7-4-8-14-25)22(2)19-30(21)27(32)24-12-9-15-26(18-24)34-17-16-23-10-5-3-6-11-23/h4,7-9,12-15,18,21-23H,3,5-6,10-11,16-17,19-20H2,1-2H3,(H,29,33)/t21-,22+/m1/s1. The first-order valence-electron chi connectivity index (χ1n) is 12.7. The van der Waals surface area contributed by atoms with Gasteiger partial charge in [0.25, 0.3) is 5.91 Å². The van der Waals surface area contributed by atoms with E-state index in [9.17, 15) is 9.59 Å². The van der Waals surface area contributed by atoms with Gasteiger partial charge in [-0.1, -0.05) is 56.4 Å². The lowest BCUT2D eigenvalue weighted by molar-refractivity contribution is 0.0433. The summed E-state index contributed by atoms with van der Waals surface area (Å²) < 4.78 is 6.01. The van der Waals surface area contributed by atoms with Crippen molar-refractivity contribution in [2.24, 2.45) is 5.92 Å². The maximum Gasteiger partial charge on any atom is 0.322 e. The van der Waals surface area contributed by atoms with Crippen LogP contribution in [0.15, 0.2) is 54.6 Å². The fourth-order valence-electron chi connectivity index (χ4n) is 5.11. The number of ether oxygens (including phenoxy) is 1. The molecule has 1 N–H and O–H groups in total. The molecule has 1 aliphatic carbocycles. The van der Waals surface area contributed by atoms with E-state index in [0.717, 1.165) is 23.8 Å². The maximum absolute atomic E-state index is 13.3. The summed E-state index contributed by atoms with van der Waals surface area (Å²) in [4.78, 5) is 29.9. The van der Waals surface area contributed by atoms with Crippen LogP contribution in [0.5, 0.6) is 5.75 Å². The second-order valence-electron chi connectivity index (χ2n) is 9.77. The van der Waals surface area contributed by atoms with E-state index in [4.69, 9.17) is 4.74 Å². The van der Waals surface area contributed by atoms with Gasteiger partial charge in [0.2, 0.25) is 0 Å². The monoisotopic (exact) mass is 463 g/mol. The fraction of sp³-hybridized carbons (Fsp3) is 0.500. The molecule has 1 aliphatic heterocycles. The summed E-state index contributed by atoms with van der Waals surface area (Å²) in [6.07, 6.45) is 7.75. The quantitative estimate of drug-likeness (QED) is 0.589. The van der Waals surface area contributed by atoms with Gasteiger partial charge in [-0.15, -0.1) is 0 Å². The number of hydrogen-bond donors (Lipinski definition) is 1. The summed E-state index contributed by atoms with van der Waals surface area (Å²) in [5, 5.41) is 2.96. The summed E-state index contributed by atoms with van der Waals surface area (Å²) in [5.74, 6) is 1.51. The lowest BCUT2D eigenvalue weighted by Gasteiger charge is -2.44. The average Bonchev–Trinajstić information content (AvgIpc) is 2.86. The van der Waals surface area contributed by atoms with E-state index in [0.29, 0.717) is 25.3 Å². The van der Waals surface area contributed by atoms with E-state index < -0.39 is 0 Å². The molecule has 182 valence electrons. The number of nitrogens with one attached hydrogen (secondary N) is 1. The number of para-hydroxylation sites is 1. The zero-order chi connectivity index (χ0) is 23.9. The van der Waals surface area contributed by atoms with Crippen LogP contribution in [-0.4, -0.2) is 53.5 Å². The summed E-state index contributed by atoms with van der Waals surface area (Å²) in [5.41, 5.74) is 1.41. The number of anilines is 1. The van der Waals surface area contributed by atoms with Gasteiger partial charge in [-0.05, 0) is 56.5 Å². The number of carbonyl (C=O) groups is 2. The van der Waals surface area contributed by atoms with Crippen LogP contribution < -0.4 is 10.1 Å². The van der Waals surface area contributed by atoms with Crippen LogP contribution in [0.3, 0.4) is 0 Å². The van der Waals surface area contributed by atoms with Crippen LogP contribution in [-0.2, 0) is 0 Å². The summed E-state index contributed by atoms with van der Waals surface area (Å²) in [6.45, 7) is 5.67. The number of nitrogens with zero attached hydrogens (tertiary/aromatic N) is 2. The van der Waals surface area contributed by atoms with Crippen molar-refractivity contribution in [1.82, 2.24) is 9.80 Å². The minimum Gasteiger partial charge on any atom is -0.494 e. The number of rotatable bonds is 6. The number of benzene rings is 2. The van der Waals surface area contributed by atoms with Crippen molar-refractivity contribution in [2.45, 2.75) is 64.5 Å². The van der Waals surface area contributed by atoms with Gasteiger partial charge in [-0.3, -0.25) is 4.79 Å². The van der Waals surface area contributed by atoms with Gasteiger partial charge in [-0.2, -0.15) is 0 Å². The fourth-order valence-corrected chi connectivity index (χ4v) is 5.11. The maximum atomic E-state index is 13.3. The highest BCUT2D eigenvalue weighted by atomic mass is 16.5. The number of urea groups is 1. The van der Waals surface area contributed by atoms with Crippen molar-refractivity contribution in [2.75, 3.05) is 25.0 Å². The lowest BCUT2D eigenvalue weighted by Crippen LogP contribution is -2.60. The normalized spacial score (nSPS) is 21.2. The Labute approximate surface area is 203 Å². The summed E-state index contributed by atoms with van der Waals surface area (Å²) in [7, 11) is 0. The molecule has 6 heteroatoms. The van der Waals surface area contributed by atoms with E-state index in [1.54, 1.807) is 0 Å². The highest BCUT2D eigenvalue weighted by Crippen LogP contribution is 2.27. The summed E-state index contributed by atoms with van der Waals surface area (Å²) >= 11 is 0. The molecule has 1 heterocycles. The molecular weight excluding hydrogens is 426 g/mol. The number of piperazine rings is 1. The number of amides is 3. The Morgan fingerprint density at radius 1 is 0.912 bits per heavy atom. The molecule has 1 saturated carbocycles. The molecule has 0 unspecified atom stereocenters. The van der Waals surface area contributed by atoms with Crippen molar-refractivity contribution in [3.05, 3.63) is 60.2 Å². The molecule has 6 nitrogen and oxygen atoms in total. The highest BCUT2D eigenvalue weighted by Gasteiger charge is 2.35. The SMILES string of the molecule is C[C@@H]1CN(C(=O)Nc2ccccc2)[C@@H](C)CN1C(=O)c1cccc(OCCC2CCCCC2)c1. The van der Waals surface area contributed by atoms with E-state index in [1.807, 2.05) is 78.2 Å². The minimum absolute atomic E-state index is 0.0137. The van der Waals surface area contributed by atoms with Gasteiger partial charge in [-0.25, -0.2) is 4.79 Å². The molecule has 2 aliphatic rings. The molecule has 2 atom stereocenters. The molecule has 2 aromatic rings. The average molecular weight is 464 g/mol. The van der Waals surface area contributed by atoms with Crippen LogP contribution in [0.25, 0.3) is 0 Å². The second kappa shape index (κ2) is 11.4. The lowest BCUT2D eigenvalue weighted by atomic mass is 9.87. The van der Waals surface area contributed by atoms with Crippen molar-refractivity contribution >= 4 is 17.6 Å². The predicted molar refractivity (Wildman–Crippen MR) is 135 cm³/mol. The van der Waals surface area contributed by atoms with E-state index in [1.165, 1.54) is 32.1 Å². The first kappa shape index (κ1) is 24.1. The van der Waals surface area contributed by atoms with Crippen molar-refractivity contribution in [1.29, 1.82) is 0 Å². The smallest absolute Gasteiger partial charge is 0.322 e. The topological polar surface area (TPSA) is 61.9 Å². The molecular formula is C28H37N3O3. The van der Waals surface area contributed by atoms with E-state index >= 15 is 0 Å². The first-order chi connectivity index (χ1) is 16.5. The largest absolute Gasteiger partial charge is 0.494 e. The van der Waals surface area contributed by atoms with Crippen molar-refractivity contribution < 1.29 is 14.3 Å². The molecule has 2 aromatic carbocycles. The van der Waals surface area contributed by atoms with Gasteiger partial charge in [0.15, 0.2) is 0 Å². The molecule has 34 heavy (non-hydrogen) atoms. The molecule has 1 saturated heterocycles. The zero-order valence-electron chi connectivity index (χ0n) is 20.4. The Kier molecular flexibility index (Phi) is 8.09. The number of carbonyl (C=O) groups excluding carboxylic acids is 2. The third kappa shape index (κ3) is 6.10. The first-order valence-corrected chi connectivity index (χ1v) is 12.7. The number of hydrogen-bond acceptors (Lipinski definition) is 3. The van der Waals surface area contributed by atoms with E-state index in [-0.39, 0.29) is 24.0 Å². The predicted octanol–water partition coefficient (Wildman–Crippen LogP) is 5.80. The molecule has 0 bridgehead atoms. The molecule has 0 radical (unpaired) electrons. The third-order valence-corrected chi connectivity index (χ3v) is 7.13. The van der Waals surface area contributed by atoms with Gasteiger partial charge in [0.1, 0.15) is 5.75 Å². The van der Waals surface area contributed by atoms with Crippen LogP contribution in [0.1, 0.15) is 62.7 Å². The Morgan fingerprint density at radius 2 is 1.62 bits per heavy atom. The van der Waals surface area contributed by atoms with Crippen LogP contribution >= 0.6 is 0 Å². The molecule has 0 spiro atoms. The molecule has 4 rings (SSSR count). The third-order valence-electron chi connectivity index (χ3n) is 7.13. The highest BCUT2D eigenvalue weighted by molar-refractivity contribution is 5.95. The van der Waals surface area contributed by atoms with Crippen molar-refractivity contribution in [3.8, 4) is 5.75 Å². The Hall–Kier alpha value is -3.02. The molecule has 3 amide bonds. The van der Waals surface area contributed by atoms with Gasteiger partial charge >= 0.3 is 6.03 Å². The Bertz CT molecular complexity index is 958. The molecule has 0 aromatic heterocycles. The van der Waals surface area contributed by atoms with Crippen molar-refractivity contribution in [3.63, 3.8) is 0 Å². The Balaban J connectivity index is 1.33. The van der Waals surface area contributed by atoms with Crippen LogP contribution in [0, 0.1) is 5.92 Å². The minimum atomic E-state index is -0.133. The van der Waals surface area contributed by atoms with Crippen LogP contribution in [0.4, 0.5) is 10.5 Å². The van der Waals surface area contributed by atoms with Gasteiger partial charge in [0, 0.05) is 36.4 Å². The van der Waals surface area contributed by atoms with Gasteiger partial charge in [0.05, 0.1) is 6.61 Å².